The zero-order chi connectivity index (χ0) is 19.2. The van der Waals surface area contributed by atoms with Gasteiger partial charge in [0, 0.05) is 25.5 Å². The first-order valence-corrected chi connectivity index (χ1v) is 8.93. The van der Waals surface area contributed by atoms with Crippen molar-refractivity contribution in [3.63, 3.8) is 0 Å². The SMILES string of the molecule is CC(C)N(Cc1nccn1C)C(=O)c1cn(C/C=C/c2ccccc2)nn1. The van der Waals surface area contributed by atoms with Crippen LogP contribution in [0.25, 0.3) is 6.08 Å². The predicted octanol–water partition coefficient (Wildman–Crippen LogP) is 2.78. The fourth-order valence-electron chi connectivity index (χ4n) is 2.68. The van der Waals surface area contributed by atoms with Crippen LogP contribution in [-0.4, -0.2) is 41.4 Å². The number of benzene rings is 1. The normalized spacial score (nSPS) is 11.4. The molecule has 3 rings (SSSR count). The van der Waals surface area contributed by atoms with E-state index in [4.69, 9.17) is 0 Å². The molecule has 27 heavy (non-hydrogen) atoms. The van der Waals surface area contributed by atoms with E-state index in [1.807, 2.05) is 74.1 Å². The first-order chi connectivity index (χ1) is 13.0. The van der Waals surface area contributed by atoms with Gasteiger partial charge in [0.25, 0.3) is 5.91 Å². The molecule has 0 radical (unpaired) electrons. The number of aromatic nitrogens is 5. The number of nitrogens with zero attached hydrogens (tertiary/aromatic N) is 6. The minimum absolute atomic E-state index is 0.0253. The van der Waals surface area contributed by atoms with Gasteiger partial charge in [0.2, 0.25) is 0 Å². The molecular weight excluding hydrogens is 340 g/mol. The van der Waals surface area contributed by atoms with Crippen molar-refractivity contribution in [3.05, 3.63) is 72.1 Å². The maximum atomic E-state index is 12.9. The molecular formula is C20H24N6O. The van der Waals surface area contributed by atoms with E-state index in [2.05, 4.69) is 15.3 Å². The van der Waals surface area contributed by atoms with Crippen molar-refractivity contribution in [3.8, 4) is 0 Å². The van der Waals surface area contributed by atoms with Crippen molar-refractivity contribution in [1.82, 2.24) is 29.4 Å². The molecule has 3 aromatic rings. The van der Waals surface area contributed by atoms with E-state index < -0.39 is 0 Å². The Kier molecular flexibility index (Phi) is 5.80. The largest absolute Gasteiger partial charge is 0.337 e. The van der Waals surface area contributed by atoms with Crippen LogP contribution in [0.15, 0.2) is 55.0 Å². The zero-order valence-electron chi connectivity index (χ0n) is 15.9. The van der Waals surface area contributed by atoms with E-state index in [9.17, 15) is 4.79 Å². The van der Waals surface area contributed by atoms with Crippen LogP contribution in [0, 0.1) is 0 Å². The van der Waals surface area contributed by atoms with E-state index in [0.29, 0.717) is 18.8 Å². The molecule has 7 nitrogen and oxygen atoms in total. The van der Waals surface area contributed by atoms with Gasteiger partial charge in [0.15, 0.2) is 5.69 Å². The lowest BCUT2D eigenvalue weighted by molar-refractivity contribution is 0.0677. The molecule has 0 saturated carbocycles. The van der Waals surface area contributed by atoms with Crippen LogP contribution in [0.1, 0.15) is 35.7 Å². The molecule has 0 aliphatic carbocycles. The van der Waals surface area contributed by atoms with Crippen LogP contribution >= 0.6 is 0 Å². The van der Waals surface area contributed by atoms with Crippen LogP contribution in [0.4, 0.5) is 0 Å². The third-order valence-electron chi connectivity index (χ3n) is 4.28. The molecule has 0 aliphatic rings. The number of hydrogen-bond acceptors (Lipinski definition) is 4. The van der Waals surface area contributed by atoms with Crippen LogP contribution in [0.3, 0.4) is 0 Å². The number of aryl methyl sites for hydroxylation is 1. The van der Waals surface area contributed by atoms with Gasteiger partial charge in [-0.05, 0) is 19.4 Å². The van der Waals surface area contributed by atoms with Crippen LogP contribution in [0.2, 0.25) is 0 Å². The van der Waals surface area contributed by atoms with Crippen LogP contribution < -0.4 is 0 Å². The molecule has 0 unspecified atom stereocenters. The summed E-state index contributed by atoms with van der Waals surface area (Å²) in [5.74, 6) is 0.682. The van der Waals surface area contributed by atoms with Gasteiger partial charge >= 0.3 is 0 Å². The minimum atomic E-state index is -0.147. The number of hydrogen-bond donors (Lipinski definition) is 0. The smallest absolute Gasteiger partial charge is 0.276 e. The highest BCUT2D eigenvalue weighted by Gasteiger charge is 2.23. The third kappa shape index (κ3) is 4.69. The second-order valence-corrected chi connectivity index (χ2v) is 6.62. The molecule has 2 heterocycles. The van der Waals surface area contributed by atoms with Crippen molar-refractivity contribution < 1.29 is 4.79 Å². The van der Waals surface area contributed by atoms with E-state index in [1.165, 1.54) is 0 Å². The lowest BCUT2D eigenvalue weighted by Crippen LogP contribution is -2.37. The first kappa shape index (κ1) is 18.6. The number of carbonyl (C=O) groups excluding carboxylic acids is 1. The Morgan fingerprint density at radius 3 is 2.70 bits per heavy atom. The summed E-state index contributed by atoms with van der Waals surface area (Å²) in [4.78, 5) is 18.9. The van der Waals surface area contributed by atoms with Crippen molar-refractivity contribution in [1.29, 1.82) is 0 Å². The molecule has 1 aromatic carbocycles. The fraction of sp³-hybridized carbons (Fsp3) is 0.300. The van der Waals surface area contributed by atoms with Gasteiger partial charge in [0.1, 0.15) is 5.82 Å². The number of allylic oxidation sites excluding steroid dienone is 1. The van der Waals surface area contributed by atoms with E-state index >= 15 is 0 Å². The fourth-order valence-corrected chi connectivity index (χ4v) is 2.68. The monoisotopic (exact) mass is 364 g/mol. The molecule has 0 bridgehead atoms. The summed E-state index contributed by atoms with van der Waals surface area (Å²) in [5, 5.41) is 8.13. The highest BCUT2D eigenvalue weighted by molar-refractivity contribution is 5.92. The Morgan fingerprint density at radius 2 is 2.04 bits per heavy atom. The second-order valence-electron chi connectivity index (χ2n) is 6.62. The van der Waals surface area contributed by atoms with E-state index in [1.54, 1.807) is 22.0 Å². The van der Waals surface area contributed by atoms with Gasteiger partial charge in [-0.25, -0.2) is 9.67 Å². The number of carbonyl (C=O) groups is 1. The summed E-state index contributed by atoms with van der Waals surface area (Å²) in [6.45, 7) is 4.94. The molecule has 0 N–H and O–H groups in total. The summed E-state index contributed by atoms with van der Waals surface area (Å²) in [5.41, 5.74) is 1.46. The maximum absolute atomic E-state index is 12.9. The Morgan fingerprint density at radius 1 is 1.26 bits per heavy atom. The van der Waals surface area contributed by atoms with Crippen molar-refractivity contribution >= 4 is 12.0 Å². The van der Waals surface area contributed by atoms with Gasteiger partial charge in [-0.15, -0.1) is 5.10 Å². The van der Waals surface area contributed by atoms with Crippen LogP contribution in [-0.2, 0) is 20.1 Å². The van der Waals surface area contributed by atoms with Gasteiger partial charge in [-0.1, -0.05) is 47.7 Å². The molecule has 7 heteroatoms. The highest BCUT2D eigenvalue weighted by atomic mass is 16.2. The second kappa shape index (κ2) is 8.44. The topological polar surface area (TPSA) is 68.8 Å². The summed E-state index contributed by atoms with van der Waals surface area (Å²) in [7, 11) is 1.92. The minimum Gasteiger partial charge on any atom is -0.337 e. The van der Waals surface area contributed by atoms with Gasteiger partial charge in [0.05, 0.1) is 19.3 Å². The average Bonchev–Trinajstić information content (AvgIpc) is 3.29. The quantitative estimate of drug-likeness (QED) is 0.646. The van der Waals surface area contributed by atoms with Gasteiger partial charge < -0.3 is 9.47 Å². The van der Waals surface area contributed by atoms with Crippen LogP contribution in [0.5, 0.6) is 0 Å². The predicted molar refractivity (Wildman–Crippen MR) is 104 cm³/mol. The molecule has 0 fully saturated rings. The third-order valence-corrected chi connectivity index (χ3v) is 4.28. The molecule has 0 atom stereocenters. The Bertz CT molecular complexity index is 909. The molecule has 2 aromatic heterocycles. The molecule has 0 saturated heterocycles. The number of amides is 1. The summed E-state index contributed by atoms with van der Waals surface area (Å²) in [6.07, 6.45) is 9.30. The van der Waals surface area contributed by atoms with E-state index in [0.717, 1.165) is 11.4 Å². The highest BCUT2D eigenvalue weighted by Crippen LogP contribution is 2.11. The van der Waals surface area contributed by atoms with Crippen molar-refractivity contribution in [2.45, 2.75) is 33.0 Å². The van der Waals surface area contributed by atoms with E-state index in [-0.39, 0.29) is 11.9 Å². The maximum Gasteiger partial charge on any atom is 0.276 e. The summed E-state index contributed by atoms with van der Waals surface area (Å²) >= 11 is 0. The van der Waals surface area contributed by atoms with Crippen molar-refractivity contribution in [2.24, 2.45) is 7.05 Å². The Hall–Kier alpha value is -3.22. The number of imidazole rings is 1. The molecule has 0 spiro atoms. The molecule has 140 valence electrons. The zero-order valence-corrected chi connectivity index (χ0v) is 15.9. The van der Waals surface area contributed by atoms with Gasteiger partial charge in [-0.2, -0.15) is 0 Å². The Labute approximate surface area is 158 Å². The standard InChI is InChI=1S/C20H24N6O/c1-16(2)26(15-19-21-11-13-24(19)3)20(27)18-14-25(23-22-18)12-7-10-17-8-5-4-6-9-17/h4-11,13-14,16H,12,15H2,1-3H3/b10-7+. The lowest BCUT2D eigenvalue weighted by Gasteiger charge is -2.25. The molecule has 0 aliphatic heterocycles. The first-order valence-electron chi connectivity index (χ1n) is 8.93. The number of rotatable bonds is 7. The Balaban J connectivity index is 1.67. The summed E-state index contributed by atoms with van der Waals surface area (Å²) in [6, 6.07) is 10.1. The lowest BCUT2D eigenvalue weighted by atomic mass is 10.2. The van der Waals surface area contributed by atoms with Gasteiger partial charge in [-0.3, -0.25) is 4.79 Å². The molecule has 1 amide bonds. The average molecular weight is 364 g/mol. The summed E-state index contributed by atoms with van der Waals surface area (Å²) < 4.78 is 3.57. The van der Waals surface area contributed by atoms with Crippen molar-refractivity contribution in [2.75, 3.05) is 0 Å².